The van der Waals surface area contributed by atoms with Crippen molar-refractivity contribution < 1.29 is 9.53 Å². The van der Waals surface area contributed by atoms with Crippen LogP contribution in [0.15, 0.2) is 72.8 Å². The van der Waals surface area contributed by atoms with E-state index in [0.717, 1.165) is 11.3 Å². The molecule has 25 heavy (non-hydrogen) atoms. The van der Waals surface area contributed by atoms with Gasteiger partial charge >= 0.3 is 0 Å². The molecule has 3 rings (SSSR count). The van der Waals surface area contributed by atoms with Crippen molar-refractivity contribution in [2.45, 2.75) is 0 Å². The van der Waals surface area contributed by atoms with Gasteiger partial charge in [0.05, 0.1) is 17.8 Å². The van der Waals surface area contributed by atoms with E-state index in [9.17, 15) is 4.79 Å². The Morgan fingerprint density at radius 3 is 2.36 bits per heavy atom. The zero-order valence-corrected chi connectivity index (χ0v) is 14.2. The fraction of sp³-hybridized carbons (Fsp3) is 0.100. The van der Waals surface area contributed by atoms with Crippen LogP contribution in [0.4, 0.5) is 0 Å². The molecule has 1 amide bonds. The van der Waals surface area contributed by atoms with Crippen LogP contribution >= 0.6 is 11.6 Å². The largest absolute Gasteiger partial charge is 0.492 e. The fourth-order valence-electron chi connectivity index (χ4n) is 2.38. The predicted molar refractivity (Wildman–Crippen MR) is 99.0 cm³/mol. The molecule has 0 aliphatic rings. The summed E-state index contributed by atoms with van der Waals surface area (Å²) < 4.78 is 5.57. The molecular formula is C20H17ClN2O2. The lowest BCUT2D eigenvalue weighted by Crippen LogP contribution is -2.28. The minimum atomic E-state index is -0.209. The summed E-state index contributed by atoms with van der Waals surface area (Å²) in [6, 6.07) is 22.3. The number of halogens is 1. The molecule has 126 valence electrons. The molecule has 0 fully saturated rings. The van der Waals surface area contributed by atoms with Crippen molar-refractivity contribution in [1.82, 2.24) is 10.3 Å². The summed E-state index contributed by atoms with van der Waals surface area (Å²) in [4.78, 5) is 16.8. The van der Waals surface area contributed by atoms with Crippen molar-refractivity contribution in [2.75, 3.05) is 13.2 Å². The molecule has 0 saturated carbocycles. The average Bonchev–Trinajstić information content (AvgIpc) is 2.66. The molecule has 0 aliphatic carbocycles. The van der Waals surface area contributed by atoms with Gasteiger partial charge in [-0.3, -0.25) is 4.79 Å². The molecule has 3 aromatic rings. The number of aromatic nitrogens is 1. The molecule has 0 saturated heterocycles. The van der Waals surface area contributed by atoms with Crippen LogP contribution in [0.5, 0.6) is 5.75 Å². The third-order valence-corrected chi connectivity index (χ3v) is 3.76. The van der Waals surface area contributed by atoms with E-state index in [2.05, 4.69) is 10.3 Å². The molecule has 0 radical (unpaired) electrons. The molecular weight excluding hydrogens is 336 g/mol. The summed E-state index contributed by atoms with van der Waals surface area (Å²) in [6.45, 7) is 0.780. The Balaban J connectivity index is 1.66. The third-order valence-electron chi connectivity index (χ3n) is 3.55. The number of carbonyl (C=O) groups excluding carboxylic acids is 1. The summed E-state index contributed by atoms with van der Waals surface area (Å²) in [6.07, 6.45) is 0. The van der Waals surface area contributed by atoms with Crippen LogP contribution in [0.3, 0.4) is 0 Å². The van der Waals surface area contributed by atoms with Crippen LogP contribution in [-0.4, -0.2) is 24.0 Å². The number of para-hydroxylation sites is 1. The molecule has 0 bridgehead atoms. The minimum absolute atomic E-state index is 0.209. The van der Waals surface area contributed by atoms with E-state index in [4.69, 9.17) is 16.3 Å². The zero-order valence-electron chi connectivity index (χ0n) is 13.5. The van der Waals surface area contributed by atoms with E-state index in [1.807, 2.05) is 60.7 Å². The summed E-state index contributed by atoms with van der Waals surface area (Å²) >= 11 is 6.00. The first-order chi connectivity index (χ1) is 12.2. The maximum Gasteiger partial charge on any atom is 0.253 e. The number of hydrogen-bond donors (Lipinski definition) is 1. The normalized spacial score (nSPS) is 10.3. The number of ether oxygens (including phenoxy) is 1. The standard InChI is InChI=1S/C20H17ClN2O2/c21-18-12-11-17(19(23-18)15-7-3-1-4-8-15)20(24)22-13-14-25-16-9-5-2-6-10-16/h1-12H,13-14H2,(H,22,24). The van der Waals surface area contributed by atoms with Crippen LogP contribution in [0.2, 0.25) is 5.15 Å². The summed E-state index contributed by atoms with van der Waals surface area (Å²) in [5.74, 6) is 0.564. The topological polar surface area (TPSA) is 51.2 Å². The number of nitrogens with zero attached hydrogens (tertiary/aromatic N) is 1. The predicted octanol–water partition coefficient (Wildman–Crippen LogP) is 4.21. The fourth-order valence-corrected chi connectivity index (χ4v) is 2.53. The second-order valence-corrected chi connectivity index (χ2v) is 5.70. The lowest BCUT2D eigenvalue weighted by Gasteiger charge is -2.11. The van der Waals surface area contributed by atoms with Crippen molar-refractivity contribution in [3.63, 3.8) is 0 Å². The van der Waals surface area contributed by atoms with E-state index < -0.39 is 0 Å². The van der Waals surface area contributed by atoms with Crippen LogP contribution in [-0.2, 0) is 0 Å². The molecule has 0 spiro atoms. The highest BCUT2D eigenvalue weighted by molar-refractivity contribution is 6.29. The number of hydrogen-bond acceptors (Lipinski definition) is 3. The average molecular weight is 353 g/mol. The SMILES string of the molecule is O=C(NCCOc1ccccc1)c1ccc(Cl)nc1-c1ccccc1. The van der Waals surface area contributed by atoms with Crippen LogP contribution < -0.4 is 10.1 Å². The second-order valence-electron chi connectivity index (χ2n) is 5.31. The second kappa shape index (κ2) is 8.31. The molecule has 2 aromatic carbocycles. The smallest absolute Gasteiger partial charge is 0.253 e. The molecule has 0 unspecified atom stereocenters. The molecule has 0 atom stereocenters. The van der Waals surface area contributed by atoms with Gasteiger partial charge in [-0.15, -0.1) is 0 Å². The number of rotatable bonds is 6. The van der Waals surface area contributed by atoms with Gasteiger partial charge in [0.1, 0.15) is 17.5 Å². The van der Waals surface area contributed by atoms with Gasteiger partial charge in [-0.25, -0.2) is 4.98 Å². The van der Waals surface area contributed by atoms with Gasteiger partial charge in [0.2, 0.25) is 0 Å². The monoisotopic (exact) mass is 352 g/mol. The molecule has 1 aromatic heterocycles. The number of carbonyl (C=O) groups is 1. The Bertz CT molecular complexity index is 839. The Kier molecular flexibility index (Phi) is 5.65. The van der Waals surface area contributed by atoms with E-state index in [0.29, 0.717) is 29.6 Å². The Labute approximate surface area is 151 Å². The molecule has 4 nitrogen and oxygen atoms in total. The Morgan fingerprint density at radius 2 is 1.64 bits per heavy atom. The first kappa shape index (κ1) is 17.0. The highest BCUT2D eigenvalue weighted by atomic mass is 35.5. The van der Waals surface area contributed by atoms with Gasteiger partial charge in [0.25, 0.3) is 5.91 Å². The minimum Gasteiger partial charge on any atom is -0.492 e. The highest BCUT2D eigenvalue weighted by Crippen LogP contribution is 2.23. The highest BCUT2D eigenvalue weighted by Gasteiger charge is 2.14. The molecule has 5 heteroatoms. The Morgan fingerprint density at radius 1 is 0.960 bits per heavy atom. The molecule has 1 N–H and O–H groups in total. The summed E-state index contributed by atoms with van der Waals surface area (Å²) in [5.41, 5.74) is 1.89. The van der Waals surface area contributed by atoms with Crippen LogP contribution in [0.1, 0.15) is 10.4 Å². The van der Waals surface area contributed by atoms with Crippen LogP contribution in [0.25, 0.3) is 11.3 Å². The number of amides is 1. The molecule has 0 aliphatic heterocycles. The van der Waals surface area contributed by atoms with Gasteiger partial charge in [-0.2, -0.15) is 0 Å². The lowest BCUT2D eigenvalue weighted by atomic mass is 10.1. The van der Waals surface area contributed by atoms with E-state index >= 15 is 0 Å². The van der Waals surface area contributed by atoms with Crippen molar-refractivity contribution in [3.05, 3.63) is 83.5 Å². The first-order valence-electron chi connectivity index (χ1n) is 7.92. The third kappa shape index (κ3) is 4.58. The zero-order chi connectivity index (χ0) is 17.5. The quantitative estimate of drug-likeness (QED) is 0.534. The van der Waals surface area contributed by atoms with Gasteiger partial charge < -0.3 is 10.1 Å². The first-order valence-corrected chi connectivity index (χ1v) is 8.30. The van der Waals surface area contributed by atoms with Crippen LogP contribution in [0, 0.1) is 0 Å². The van der Waals surface area contributed by atoms with Gasteiger partial charge in [-0.1, -0.05) is 60.1 Å². The Hall–Kier alpha value is -2.85. The lowest BCUT2D eigenvalue weighted by molar-refractivity contribution is 0.0947. The number of pyridine rings is 1. The van der Waals surface area contributed by atoms with Crippen molar-refractivity contribution >= 4 is 17.5 Å². The van der Waals surface area contributed by atoms with Gasteiger partial charge in [0, 0.05) is 5.56 Å². The summed E-state index contributed by atoms with van der Waals surface area (Å²) in [7, 11) is 0. The van der Waals surface area contributed by atoms with Gasteiger partial charge in [-0.05, 0) is 24.3 Å². The van der Waals surface area contributed by atoms with E-state index in [1.165, 1.54) is 0 Å². The van der Waals surface area contributed by atoms with Crippen molar-refractivity contribution in [3.8, 4) is 17.0 Å². The van der Waals surface area contributed by atoms with Crippen molar-refractivity contribution in [1.29, 1.82) is 0 Å². The van der Waals surface area contributed by atoms with Crippen molar-refractivity contribution in [2.24, 2.45) is 0 Å². The number of benzene rings is 2. The summed E-state index contributed by atoms with van der Waals surface area (Å²) in [5, 5.41) is 3.20. The van der Waals surface area contributed by atoms with E-state index in [1.54, 1.807) is 12.1 Å². The maximum atomic E-state index is 12.5. The number of nitrogens with one attached hydrogen (secondary N) is 1. The molecule has 1 heterocycles. The van der Waals surface area contributed by atoms with Gasteiger partial charge in [0.15, 0.2) is 0 Å². The van der Waals surface area contributed by atoms with E-state index in [-0.39, 0.29) is 5.91 Å². The maximum absolute atomic E-state index is 12.5.